The van der Waals surface area contributed by atoms with E-state index in [-0.39, 0.29) is 33.4 Å². The highest BCUT2D eigenvalue weighted by molar-refractivity contribution is 6.39. The van der Waals surface area contributed by atoms with Crippen LogP contribution in [0.5, 0.6) is 0 Å². The lowest BCUT2D eigenvalue weighted by atomic mass is 9.60. The van der Waals surface area contributed by atoms with Gasteiger partial charge in [-0.25, -0.2) is 8.78 Å². The number of fused-ring (bicyclic) bond motifs is 2. The zero-order valence-corrected chi connectivity index (χ0v) is 23.6. The first-order valence-electron chi connectivity index (χ1n) is 14.6. The maximum atomic E-state index is 15.2. The molecule has 5 aromatic rings. The summed E-state index contributed by atoms with van der Waals surface area (Å²) in [5.41, 5.74) is -3.10. The molecule has 0 amide bonds. The quantitative estimate of drug-likeness (QED) is 0.207. The van der Waals surface area contributed by atoms with Crippen LogP contribution in [-0.4, -0.2) is 28.7 Å². The van der Waals surface area contributed by atoms with Crippen molar-refractivity contribution in [2.45, 2.75) is 17.5 Å². The van der Waals surface area contributed by atoms with Gasteiger partial charge in [-0.2, -0.15) is 0 Å². The van der Waals surface area contributed by atoms with Gasteiger partial charge in [0.25, 0.3) is 0 Å². The number of anilines is 1. The molecule has 5 nitrogen and oxygen atoms in total. The van der Waals surface area contributed by atoms with Crippen molar-refractivity contribution in [3.63, 3.8) is 0 Å². The summed E-state index contributed by atoms with van der Waals surface area (Å²) in [4.78, 5) is 62.0. The van der Waals surface area contributed by atoms with E-state index in [1.54, 1.807) is 95.9 Å². The van der Waals surface area contributed by atoms with Crippen LogP contribution < -0.4 is 4.90 Å². The number of benzene rings is 5. The number of carbonyl (C=O) groups excluding carboxylic acids is 4. The molecular formula is C38H23F2NO4. The highest BCUT2D eigenvalue weighted by atomic mass is 19.1. The summed E-state index contributed by atoms with van der Waals surface area (Å²) in [6.07, 6.45) is 0. The van der Waals surface area contributed by atoms with E-state index in [1.165, 1.54) is 36.4 Å². The lowest BCUT2D eigenvalue weighted by molar-refractivity contribution is 0.0619. The molecule has 1 heterocycles. The summed E-state index contributed by atoms with van der Waals surface area (Å²) in [5, 5.41) is 0. The van der Waals surface area contributed by atoms with Crippen LogP contribution in [0.3, 0.4) is 0 Å². The minimum atomic E-state index is -2.21. The van der Waals surface area contributed by atoms with Gasteiger partial charge in [0.15, 0.2) is 28.7 Å². The van der Waals surface area contributed by atoms with Gasteiger partial charge in [-0.15, -0.1) is 0 Å². The highest BCUT2D eigenvalue weighted by Crippen LogP contribution is 2.69. The third kappa shape index (κ3) is 3.30. The van der Waals surface area contributed by atoms with Crippen LogP contribution in [-0.2, 0) is 0 Å². The van der Waals surface area contributed by atoms with Crippen molar-refractivity contribution >= 4 is 28.8 Å². The van der Waals surface area contributed by atoms with E-state index in [2.05, 4.69) is 0 Å². The number of halogens is 2. The second-order valence-corrected chi connectivity index (χ2v) is 11.7. The topological polar surface area (TPSA) is 71.5 Å². The molecule has 1 aliphatic heterocycles. The zero-order valence-electron chi connectivity index (χ0n) is 23.6. The molecule has 7 heteroatoms. The Labute approximate surface area is 256 Å². The summed E-state index contributed by atoms with van der Waals surface area (Å²) in [6.45, 7) is 0. The number of hydrogen-bond donors (Lipinski definition) is 0. The number of hydrogen-bond acceptors (Lipinski definition) is 5. The van der Waals surface area contributed by atoms with Crippen molar-refractivity contribution in [1.82, 2.24) is 0 Å². The van der Waals surface area contributed by atoms with E-state index in [1.807, 2.05) is 0 Å². The third-order valence-corrected chi connectivity index (χ3v) is 9.60. The van der Waals surface area contributed by atoms with Crippen molar-refractivity contribution in [2.75, 3.05) is 4.90 Å². The predicted molar refractivity (Wildman–Crippen MR) is 163 cm³/mol. The maximum Gasteiger partial charge on any atom is 0.197 e. The molecule has 0 unspecified atom stereocenters. The van der Waals surface area contributed by atoms with Gasteiger partial charge in [-0.1, -0.05) is 91.0 Å². The first-order chi connectivity index (χ1) is 21.8. The minimum Gasteiger partial charge on any atom is -0.343 e. The Hall–Kier alpha value is -5.56. The molecule has 0 aromatic heterocycles. The average molecular weight is 596 g/mol. The minimum absolute atomic E-state index is 0.130. The molecule has 3 aliphatic rings. The van der Waals surface area contributed by atoms with Gasteiger partial charge in [0, 0.05) is 33.9 Å². The summed E-state index contributed by atoms with van der Waals surface area (Å²) in [7, 11) is 0. The fourth-order valence-electron chi connectivity index (χ4n) is 8.07. The van der Waals surface area contributed by atoms with Crippen molar-refractivity contribution < 1.29 is 28.0 Å². The van der Waals surface area contributed by atoms with E-state index < -0.39 is 57.7 Å². The molecule has 2 aliphatic carbocycles. The summed E-state index contributed by atoms with van der Waals surface area (Å²) in [5.74, 6) is -5.23. The third-order valence-electron chi connectivity index (χ3n) is 9.60. The number of para-hydroxylation sites is 1. The molecule has 0 bridgehead atoms. The largest absolute Gasteiger partial charge is 0.343 e. The van der Waals surface area contributed by atoms with Gasteiger partial charge in [0.05, 0.1) is 6.04 Å². The highest BCUT2D eigenvalue weighted by Gasteiger charge is 2.81. The van der Waals surface area contributed by atoms with E-state index in [0.29, 0.717) is 5.69 Å². The van der Waals surface area contributed by atoms with Gasteiger partial charge in [-0.05, 0) is 47.5 Å². The van der Waals surface area contributed by atoms with Crippen LogP contribution in [0, 0.1) is 17.0 Å². The molecule has 0 saturated carbocycles. The molecule has 218 valence electrons. The standard InChI is InChI=1S/C38H23F2NO4/c39-24-12-8-10-22(20-24)31-37(33(42)27-16-4-5-17-28(27)34(37)43)32(23-11-9-13-25(40)21-23)41(26-14-2-1-3-15-26)38(31)35(44)29-18-6-7-19-30(29)36(38)45/h1-21,31-32H/t31-,32-/m0/s1. The molecule has 0 radical (unpaired) electrons. The van der Waals surface area contributed by atoms with Gasteiger partial charge >= 0.3 is 0 Å². The van der Waals surface area contributed by atoms with Gasteiger partial charge in [0.1, 0.15) is 17.0 Å². The van der Waals surface area contributed by atoms with Crippen LogP contribution >= 0.6 is 0 Å². The Balaban J connectivity index is 1.59. The molecule has 1 saturated heterocycles. The Morgan fingerprint density at radius 3 is 1.44 bits per heavy atom. The number of nitrogens with zero attached hydrogens (tertiary/aromatic N) is 1. The van der Waals surface area contributed by atoms with Crippen LogP contribution in [0.1, 0.15) is 64.5 Å². The number of rotatable bonds is 3. The number of ketones is 4. The molecule has 45 heavy (non-hydrogen) atoms. The summed E-state index contributed by atoms with van der Waals surface area (Å²) < 4.78 is 30.3. The van der Waals surface area contributed by atoms with Gasteiger partial charge in [0.2, 0.25) is 0 Å². The normalized spacial score (nSPS) is 20.7. The molecule has 5 aromatic carbocycles. The molecule has 0 N–H and O–H groups in total. The smallest absolute Gasteiger partial charge is 0.197 e. The molecule has 8 rings (SSSR count). The second-order valence-electron chi connectivity index (χ2n) is 11.7. The summed E-state index contributed by atoms with van der Waals surface area (Å²) >= 11 is 0. The summed E-state index contributed by atoms with van der Waals surface area (Å²) in [6, 6.07) is 30.9. The van der Waals surface area contributed by atoms with E-state index in [9.17, 15) is 0 Å². The zero-order chi connectivity index (χ0) is 31.1. The lowest BCUT2D eigenvalue weighted by Crippen LogP contribution is -2.57. The van der Waals surface area contributed by atoms with Crippen molar-refractivity contribution in [2.24, 2.45) is 5.41 Å². The Kier molecular flexibility index (Phi) is 5.69. The predicted octanol–water partition coefficient (Wildman–Crippen LogP) is 7.19. The fourth-order valence-corrected chi connectivity index (χ4v) is 8.07. The van der Waals surface area contributed by atoms with E-state index in [0.717, 1.165) is 0 Å². The van der Waals surface area contributed by atoms with E-state index in [4.69, 9.17) is 0 Å². The second kappa shape index (κ2) is 9.47. The molecular weight excluding hydrogens is 572 g/mol. The van der Waals surface area contributed by atoms with E-state index >= 15 is 28.0 Å². The van der Waals surface area contributed by atoms with Crippen LogP contribution in [0.25, 0.3) is 0 Å². The van der Waals surface area contributed by atoms with Gasteiger partial charge in [-0.3, -0.25) is 19.2 Å². The first-order valence-corrected chi connectivity index (χ1v) is 14.6. The van der Waals surface area contributed by atoms with Crippen LogP contribution in [0.4, 0.5) is 14.5 Å². The fraction of sp³-hybridized carbons (Fsp3) is 0.105. The average Bonchev–Trinajstić information content (AvgIpc) is 3.57. The number of carbonyl (C=O) groups is 4. The van der Waals surface area contributed by atoms with Crippen molar-refractivity contribution in [3.8, 4) is 0 Å². The maximum absolute atomic E-state index is 15.2. The van der Waals surface area contributed by atoms with Gasteiger partial charge < -0.3 is 4.90 Å². The number of Topliss-reactive ketones (excluding diaryl/α,β-unsaturated/α-hetero) is 4. The SMILES string of the molecule is O=C1c2ccccc2C(=O)C12[C@H](c1cccc(F)c1)N(c1ccccc1)C1(C(=O)c3ccccc3C1=O)[C@H]2c1cccc(F)c1. The monoisotopic (exact) mass is 595 g/mol. The molecule has 1 fully saturated rings. The Bertz CT molecular complexity index is 2040. The lowest BCUT2D eigenvalue weighted by Gasteiger charge is -2.40. The first kappa shape index (κ1) is 27.0. The van der Waals surface area contributed by atoms with Crippen LogP contribution in [0.2, 0.25) is 0 Å². The Morgan fingerprint density at radius 1 is 0.489 bits per heavy atom. The van der Waals surface area contributed by atoms with Crippen molar-refractivity contribution in [3.05, 3.63) is 172 Å². The van der Waals surface area contributed by atoms with Crippen LogP contribution in [0.15, 0.2) is 127 Å². The Morgan fingerprint density at radius 2 is 0.933 bits per heavy atom. The van der Waals surface area contributed by atoms with Crippen molar-refractivity contribution in [1.29, 1.82) is 0 Å². The molecule has 2 atom stereocenters. The molecule has 2 spiro atoms.